The van der Waals surface area contributed by atoms with Crippen molar-refractivity contribution in [3.8, 4) is 5.75 Å². The molecule has 1 N–H and O–H groups in total. The van der Waals surface area contributed by atoms with Gasteiger partial charge in [0.2, 0.25) is 10.0 Å². The highest BCUT2D eigenvalue weighted by molar-refractivity contribution is 7.99. The molecule has 8 heteroatoms. The van der Waals surface area contributed by atoms with Crippen LogP contribution in [0.4, 0.5) is 0 Å². The van der Waals surface area contributed by atoms with Crippen molar-refractivity contribution in [3.63, 3.8) is 0 Å². The van der Waals surface area contributed by atoms with Gasteiger partial charge in [-0.3, -0.25) is 0 Å². The minimum absolute atomic E-state index is 0.0862. The second-order valence-corrected chi connectivity index (χ2v) is 9.16. The molecule has 0 unspecified atom stereocenters. The summed E-state index contributed by atoms with van der Waals surface area (Å²) in [6, 6.07) is 16.0. The summed E-state index contributed by atoms with van der Waals surface area (Å²) in [5.74, 6) is 2.10. The fraction of sp³-hybridized carbons (Fsp3) is 0.381. The molecule has 6 nitrogen and oxygen atoms in total. The number of thioether (sulfide) groups is 1. The summed E-state index contributed by atoms with van der Waals surface area (Å²) in [6.07, 6.45) is 1.69. The van der Waals surface area contributed by atoms with Crippen LogP contribution < -0.4 is 9.46 Å². The number of nitrogens with one attached hydrogen (secondary N) is 1. The van der Waals surface area contributed by atoms with Crippen molar-refractivity contribution in [2.24, 2.45) is 0 Å². The maximum absolute atomic E-state index is 12.1. The third-order valence-corrected chi connectivity index (χ3v) is 6.48. The molecule has 2 aromatic rings. The predicted octanol–water partition coefficient (Wildman–Crippen LogP) is 3.27. The minimum atomic E-state index is -3.41. The molecule has 0 saturated carbocycles. The van der Waals surface area contributed by atoms with Crippen LogP contribution >= 0.6 is 11.8 Å². The van der Waals surface area contributed by atoms with E-state index in [-0.39, 0.29) is 12.6 Å². The minimum Gasteiger partial charge on any atom is -0.482 e. The van der Waals surface area contributed by atoms with E-state index >= 15 is 0 Å². The Kier molecular flexibility index (Phi) is 10.0. The summed E-state index contributed by atoms with van der Waals surface area (Å²) < 4.78 is 37.0. The van der Waals surface area contributed by atoms with Gasteiger partial charge in [-0.2, -0.15) is 11.8 Å². The smallest absolute Gasteiger partial charge is 0.344 e. The van der Waals surface area contributed by atoms with Crippen molar-refractivity contribution in [2.45, 2.75) is 24.7 Å². The quantitative estimate of drug-likeness (QED) is 0.383. The lowest BCUT2D eigenvalue weighted by Gasteiger charge is -2.08. The van der Waals surface area contributed by atoms with Gasteiger partial charge in [-0.15, -0.1) is 0 Å². The number of benzene rings is 2. The van der Waals surface area contributed by atoms with Crippen molar-refractivity contribution in [1.82, 2.24) is 4.72 Å². The maximum atomic E-state index is 12.1. The van der Waals surface area contributed by atoms with E-state index in [2.05, 4.69) is 4.72 Å². The molecule has 0 atom stereocenters. The Morgan fingerprint density at radius 2 is 1.76 bits per heavy atom. The van der Waals surface area contributed by atoms with Crippen LogP contribution in [0, 0.1) is 0 Å². The van der Waals surface area contributed by atoms with Crippen LogP contribution in [-0.4, -0.2) is 45.7 Å². The maximum Gasteiger partial charge on any atom is 0.344 e. The van der Waals surface area contributed by atoms with Gasteiger partial charge in [0.1, 0.15) is 5.75 Å². The molecule has 0 aliphatic carbocycles. The first-order valence-electron chi connectivity index (χ1n) is 9.51. The summed E-state index contributed by atoms with van der Waals surface area (Å²) in [4.78, 5) is 11.6. The summed E-state index contributed by atoms with van der Waals surface area (Å²) >= 11 is 1.79. The Bertz CT molecular complexity index is 839. The normalized spacial score (nSPS) is 11.2. The van der Waals surface area contributed by atoms with E-state index in [1.165, 1.54) is 5.56 Å². The van der Waals surface area contributed by atoms with Gasteiger partial charge in [-0.1, -0.05) is 30.3 Å². The Labute approximate surface area is 177 Å². The van der Waals surface area contributed by atoms with Crippen LogP contribution in [0.2, 0.25) is 0 Å². The molecule has 0 spiro atoms. The third-order valence-electron chi connectivity index (χ3n) is 3.93. The number of rotatable bonds is 13. The molecule has 0 heterocycles. The van der Waals surface area contributed by atoms with E-state index in [1.807, 2.05) is 24.3 Å². The number of aryl methyl sites for hydroxylation is 1. The number of esters is 1. The van der Waals surface area contributed by atoms with Gasteiger partial charge in [0.15, 0.2) is 6.61 Å². The molecule has 0 bridgehead atoms. The van der Waals surface area contributed by atoms with E-state index in [4.69, 9.17) is 9.47 Å². The number of hydrogen-bond acceptors (Lipinski definition) is 6. The fourth-order valence-electron chi connectivity index (χ4n) is 2.45. The van der Waals surface area contributed by atoms with Gasteiger partial charge in [-0.25, -0.2) is 17.9 Å². The van der Waals surface area contributed by atoms with Gasteiger partial charge < -0.3 is 9.47 Å². The molecule has 0 radical (unpaired) electrons. The van der Waals surface area contributed by atoms with Crippen molar-refractivity contribution in [1.29, 1.82) is 0 Å². The zero-order chi connectivity index (χ0) is 21.0. The first-order chi connectivity index (χ1) is 14.0. The van der Waals surface area contributed by atoms with Crippen LogP contribution in [-0.2, 0) is 26.0 Å². The van der Waals surface area contributed by atoms with Crippen molar-refractivity contribution >= 4 is 27.8 Å². The largest absolute Gasteiger partial charge is 0.482 e. The van der Waals surface area contributed by atoms with Crippen LogP contribution in [0.25, 0.3) is 0 Å². The topological polar surface area (TPSA) is 81.7 Å². The van der Waals surface area contributed by atoms with Crippen molar-refractivity contribution < 1.29 is 22.7 Å². The molecule has 158 valence electrons. The van der Waals surface area contributed by atoms with Crippen molar-refractivity contribution in [2.75, 3.05) is 31.3 Å². The lowest BCUT2D eigenvalue weighted by Crippen LogP contribution is -2.25. The lowest BCUT2D eigenvalue weighted by atomic mass is 10.2. The standard InChI is InChI=1S/C21H27NO5S2/c1-2-26-21(23)17-27-19-11-9-18(10-12-19)13-16-28-15-6-14-22-29(24,25)20-7-4-3-5-8-20/h3-5,7-12,22H,2,6,13-17H2,1H3. The average molecular weight is 438 g/mol. The number of ether oxygens (including phenoxy) is 2. The Balaban J connectivity index is 1.58. The average Bonchev–Trinajstić information content (AvgIpc) is 2.73. The number of hydrogen-bond donors (Lipinski definition) is 1. The zero-order valence-electron chi connectivity index (χ0n) is 16.5. The Morgan fingerprint density at radius 1 is 1.03 bits per heavy atom. The predicted molar refractivity (Wildman–Crippen MR) is 116 cm³/mol. The molecule has 2 aromatic carbocycles. The zero-order valence-corrected chi connectivity index (χ0v) is 18.1. The molecular weight excluding hydrogens is 410 g/mol. The van der Waals surface area contributed by atoms with E-state index in [0.717, 1.165) is 24.3 Å². The van der Waals surface area contributed by atoms with Crippen molar-refractivity contribution in [3.05, 3.63) is 60.2 Å². The van der Waals surface area contributed by atoms with Gasteiger partial charge in [0, 0.05) is 6.54 Å². The van der Waals surface area contributed by atoms with Gasteiger partial charge in [-0.05, 0) is 61.1 Å². The first-order valence-corrected chi connectivity index (χ1v) is 12.1. The summed E-state index contributed by atoms with van der Waals surface area (Å²) in [5, 5.41) is 0. The summed E-state index contributed by atoms with van der Waals surface area (Å²) in [5.41, 5.74) is 1.19. The summed E-state index contributed by atoms with van der Waals surface area (Å²) in [6.45, 7) is 2.44. The second-order valence-electron chi connectivity index (χ2n) is 6.16. The molecule has 29 heavy (non-hydrogen) atoms. The van der Waals surface area contributed by atoms with Gasteiger partial charge in [0.25, 0.3) is 0 Å². The number of carbonyl (C=O) groups excluding carboxylic acids is 1. The molecule has 0 amide bonds. The molecule has 0 fully saturated rings. The molecule has 0 aromatic heterocycles. The van der Waals surface area contributed by atoms with Gasteiger partial charge >= 0.3 is 5.97 Å². The highest BCUT2D eigenvalue weighted by Gasteiger charge is 2.11. The molecular formula is C21H27NO5S2. The van der Waals surface area contributed by atoms with E-state index in [1.54, 1.807) is 49.0 Å². The van der Waals surface area contributed by atoms with Crippen LogP contribution in [0.15, 0.2) is 59.5 Å². The second kappa shape index (κ2) is 12.5. The highest BCUT2D eigenvalue weighted by Crippen LogP contribution is 2.15. The Morgan fingerprint density at radius 3 is 2.45 bits per heavy atom. The monoisotopic (exact) mass is 437 g/mol. The lowest BCUT2D eigenvalue weighted by molar-refractivity contribution is -0.145. The fourth-order valence-corrected chi connectivity index (χ4v) is 4.48. The van der Waals surface area contributed by atoms with E-state index in [9.17, 15) is 13.2 Å². The number of carbonyl (C=O) groups is 1. The van der Waals surface area contributed by atoms with Crippen LogP contribution in [0.3, 0.4) is 0 Å². The third kappa shape index (κ3) is 8.89. The molecule has 0 aliphatic heterocycles. The summed E-state index contributed by atoms with van der Waals surface area (Å²) in [7, 11) is -3.41. The molecule has 0 saturated heterocycles. The van der Waals surface area contributed by atoms with E-state index < -0.39 is 10.0 Å². The van der Waals surface area contributed by atoms with Crippen LogP contribution in [0.5, 0.6) is 5.75 Å². The Hall–Kier alpha value is -2.03. The SMILES string of the molecule is CCOC(=O)COc1ccc(CCSCCCNS(=O)(=O)c2ccccc2)cc1. The highest BCUT2D eigenvalue weighted by atomic mass is 32.2. The first kappa shape index (κ1) is 23.3. The molecule has 2 rings (SSSR count). The van der Waals surface area contributed by atoms with Crippen LogP contribution in [0.1, 0.15) is 18.9 Å². The number of sulfonamides is 1. The van der Waals surface area contributed by atoms with E-state index in [0.29, 0.717) is 23.8 Å². The molecule has 0 aliphatic rings. The van der Waals surface area contributed by atoms with Gasteiger partial charge in [0.05, 0.1) is 11.5 Å².